The Bertz CT molecular complexity index is 738. The molecule has 1 aromatic heterocycles. The van der Waals surface area contributed by atoms with Crippen LogP contribution in [0.3, 0.4) is 0 Å². The van der Waals surface area contributed by atoms with Crippen molar-refractivity contribution in [3.8, 4) is 5.88 Å². The van der Waals surface area contributed by atoms with Gasteiger partial charge in [0, 0.05) is 12.1 Å². The highest BCUT2D eigenvalue weighted by molar-refractivity contribution is 5.96. The molecule has 2 amide bonds. The minimum atomic E-state index is -0.571. The lowest BCUT2D eigenvalue weighted by molar-refractivity contribution is -0.121. The Labute approximate surface area is 154 Å². The zero-order chi connectivity index (χ0) is 18.5. The van der Waals surface area contributed by atoms with Crippen molar-refractivity contribution >= 4 is 11.8 Å². The molecule has 1 saturated heterocycles. The Morgan fingerprint density at radius 1 is 1.27 bits per heavy atom. The SMILES string of the molecule is CC1(C)CC(C(N)=O)N(C(=O)c2ccc(C3CC3)c(OCC3CC3)n2)C1. The molecule has 26 heavy (non-hydrogen) atoms. The molecular formula is C20H27N3O3. The molecule has 0 radical (unpaired) electrons. The predicted octanol–water partition coefficient (Wildman–Crippen LogP) is 2.47. The van der Waals surface area contributed by atoms with Crippen LogP contribution in [0.25, 0.3) is 0 Å². The van der Waals surface area contributed by atoms with Gasteiger partial charge in [-0.1, -0.05) is 19.9 Å². The van der Waals surface area contributed by atoms with Gasteiger partial charge < -0.3 is 15.4 Å². The number of nitrogens with zero attached hydrogens (tertiary/aromatic N) is 2. The number of carbonyl (C=O) groups excluding carboxylic acids is 2. The minimum absolute atomic E-state index is 0.130. The first-order chi connectivity index (χ1) is 12.3. The number of aromatic nitrogens is 1. The Hall–Kier alpha value is -2.11. The molecule has 3 aliphatic rings. The maximum atomic E-state index is 13.0. The number of likely N-dealkylation sites (tertiary alicyclic amines) is 1. The van der Waals surface area contributed by atoms with E-state index in [1.54, 1.807) is 11.0 Å². The summed E-state index contributed by atoms with van der Waals surface area (Å²) in [5, 5.41) is 0. The number of carbonyl (C=O) groups is 2. The fourth-order valence-corrected chi connectivity index (χ4v) is 3.76. The van der Waals surface area contributed by atoms with E-state index < -0.39 is 11.9 Å². The van der Waals surface area contributed by atoms with Crippen molar-refractivity contribution < 1.29 is 14.3 Å². The molecule has 0 bridgehead atoms. The zero-order valence-electron chi connectivity index (χ0n) is 15.5. The summed E-state index contributed by atoms with van der Waals surface area (Å²) in [7, 11) is 0. The third-order valence-corrected chi connectivity index (χ3v) is 5.59. The standard InChI is InChI=1S/C20H27N3O3/c1-20(2)9-16(17(21)24)23(11-20)19(25)15-8-7-14(13-5-6-13)18(22-15)26-10-12-3-4-12/h7-8,12-13,16H,3-6,9-11H2,1-2H3,(H2,21,24). The van der Waals surface area contributed by atoms with E-state index in [1.807, 2.05) is 19.9 Å². The van der Waals surface area contributed by atoms with Gasteiger partial charge in [-0.15, -0.1) is 0 Å². The van der Waals surface area contributed by atoms with Crippen LogP contribution in [0.2, 0.25) is 0 Å². The molecule has 2 saturated carbocycles. The average molecular weight is 357 g/mol. The van der Waals surface area contributed by atoms with Gasteiger partial charge in [0.2, 0.25) is 11.8 Å². The van der Waals surface area contributed by atoms with Crippen LogP contribution in [0.1, 0.15) is 67.9 Å². The van der Waals surface area contributed by atoms with Gasteiger partial charge in [-0.2, -0.15) is 0 Å². The first kappa shape index (κ1) is 17.3. The second-order valence-corrected chi connectivity index (χ2v) is 8.84. The van der Waals surface area contributed by atoms with Crippen molar-refractivity contribution in [2.24, 2.45) is 17.1 Å². The number of primary amides is 1. The molecule has 1 aliphatic heterocycles. The van der Waals surface area contributed by atoms with Gasteiger partial charge in [0.15, 0.2) is 0 Å². The van der Waals surface area contributed by atoms with Crippen molar-refractivity contribution in [2.45, 2.75) is 57.9 Å². The summed E-state index contributed by atoms with van der Waals surface area (Å²) in [6, 6.07) is 3.17. The number of rotatable bonds is 6. The normalized spacial score (nSPS) is 24.5. The Kier molecular flexibility index (Phi) is 4.16. The molecule has 6 heteroatoms. The first-order valence-electron chi connectivity index (χ1n) is 9.58. The number of nitrogens with two attached hydrogens (primary N) is 1. The second-order valence-electron chi connectivity index (χ2n) is 8.84. The van der Waals surface area contributed by atoms with Crippen LogP contribution in [0, 0.1) is 11.3 Å². The summed E-state index contributed by atoms with van der Waals surface area (Å²) in [6.07, 6.45) is 5.30. The van der Waals surface area contributed by atoms with Crippen LogP contribution >= 0.6 is 0 Å². The molecule has 2 heterocycles. The first-order valence-corrected chi connectivity index (χ1v) is 9.58. The summed E-state index contributed by atoms with van der Waals surface area (Å²) in [5.74, 6) is 1.04. The van der Waals surface area contributed by atoms with Crippen molar-refractivity contribution in [3.63, 3.8) is 0 Å². The smallest absolute Gasteiger partial charge is 0.273 e. The van der Waals surface area contributed by atoms with E-state index in [2.05, 4.69) is 4.98 Å². The lowest BCUT2D eigenvalue weighted by Crippen LogP contribution is -2.44. The van der Waals surface area contributed by atoms with Crippen molar-refractivity contribution in [2.75, 3.05) is 13.2 Å². The van der Waals surface area contributed by atoms with Crippen LogP contribution in [-0.4, -0.2) is 40.9 Å². The molecule has 0 spiro atoms. The van der Waals surface area contributed by atoms with E-state index in [0.717, 1.165) is 18.4 Å². The number of amides is 2. The third kappa shape index (κ3) is 3.55. The maximum absolute atomic E-state index is 13.0. The number of hydrogen-bond donors (Lipinski definition) is 1. The molecule has 1 atom stereocenters. The fourth-order valence-electron chi connectivity index (χ4n) is 3.76. The molecule has 1 unspecified atom stereocenters. The van der Waals surface area contributed by atoms with Gasteiger partial charge in [0.05, 0.1) is 6.61 Å². The summed E-state index contributed by atoms with van der Waals surface area (Å²) in [5.41, 5.74) is 6.85. The zero-order valence-corrected chi connectivity index (χ0v) is 15.5. The van der Waals surface area contributed by atoms with Gasteiger partial charge in [-0.25, -0.2) is 4.98 Å². The molecule has 140 valence electrons. The molecule has 3 fully saturated rings. The number of pyridine rings is 1. The van der Waals surface area contributed by atoms with E-state index in [-0.39, 0.29) is 11.3 Å². The van der Waals surface area contributed by atoms with E-state index in [0.29, 0.717) is 43.0 Å². The van der Waals surface area contributed by atoms with Crippen LogP contribution < -0.4 is 10.5 Å². The highest BCUT2D eigenvalue weighted by atomic mass is 16.5. The van der Waals surface area contributed by atoms with Crippen LogP contribution in [0.15, 0.2) is 12.1 Å². The Balaban J connectivity index is 1.58. The van der Waals surface area contributed by atoms with Crippen LogP contribution in [-0.2, 0) is 4.79 Å². The van der Waals surface area contributed by atoms with Gasteiger partial charge >= 0.3 is 0 Å². The third-order valence-electron chi connectivity index (χ3n) is 5.59. The summed E-state index contributed by atoms with van der Waals surface area (Å²) in [4.78, 5) is 31.0. The molecule has 1 aromatic rings. The fraction of sp³-hybridized carbons (Fsp3) is 0.650. The molecule has 6 nitrogen and oxygen atoms in total. The van der Waals surface area contributed by atoms with Crippen molar-refractivity contribution in [3.05, 3.63) is 23.4 Å². The molecular weight excluding hydrogens is 330 g/mol. The van der Waals surface area contributed by atoms with E-state index in [4.69, 9.17) is 10.5 Å². The summed E-state index contributed by atoms with van der Waals surface area (Å²) in [6.45, 7) is 5.27. The molecule has 2 aliphatic carbocycles. The lowest BCUT2D eigenvalue weighted by Gasteiger charge is -2.23. The minimum Gasteiger partial charge on any atom is -0.477 e. The Morgan fingerprint density at radius 2 is 2.00 bits per heavy atom. The molecule has 0 aromatic carbocycles. The largest absolute Gasteiger partial charge is 0.477 e. The van der Waals surface area contributed by atoms with E-state index >= 15 is 0 Å². The maximum Gasteiger partial charge on any atom is 0.273 e. The summed E-state index contributed by atoms with van der Waals surface area (Å²) < 4.78 is 5.96. The predicted molar refractivity (Wildman–Crippen MR) is 96.8 cm³/mol. The van der Waals surface area contributed by atoms with Gasteiger partial charge in [-0.05, 0) is 55.4 Å². The quantitative estimate of drug-likeness (QED) is 0.847. The monoisotopic (exact) mass is 357 g/mol. The molecule has 2 N–H and O–H groups in total. The number of ether oxygens (including phenoxy) is 1. The van der Waals surface area contributed by atoms with E-state index in [1.165, 1.54) is 12.8 Å². The average Bonchev–Trinajstić information content (AvgIpc) is 3.49. The summed E-state index contributed by atoms with van der Waals surface area (Å²) >= 11 is 0. The van der Waals surface area contributed by atoms with Crippen molar-refractivity contribution in [1.29, 1.82) is 0 Å². The topological polar surface area (TPSA) is 85.5 Å². The van der Waals surface area contributed by atoms with Crippen molar-refractivity contribution in [1.82, 2.24) is 9.88 Å². The van der Waals surface area contributed by atoms with Gasteiger partial charge in [-0.3, -0.25) is 9.59 Å². The van der Waals surface area contributed by atoms with Crippen LogP contribution in [0.4, 0.5) is 0 Å². The lowest BCUT2D eigenvalue weighted by atomic mass is 9.90. The second kappa shape index (κ2) is 6.25. The highest BCUT2D eigenvalue weighted by Gasteiger charge is 2.43. The Morgan fingerprint density at radius 3 is 2.62 bits per heavy atom. The van der Waals surface area contributed by atoms with Crippen LogP contribution in [0.5, 0.6) is 5.88 Å². The van der Waals surface area contributed by atoms with Gasteiger partial charge in [0.1, 0.15) is 11.7 Å². The number of hydrogen-bond acceptors (Lipinski definition) is 4. The molecule has 4 rings (SSSR count). The van der Waals surface area contributed by atoms with E-state index in [9.17, 15) is 9.59 Å². The van der Waals surface area contributed by atoms with Gasteiger partial charge in [0.25, 0.3) is 5.91 Å². The highest BCUT2D eigenvalue weighted by Crippen LogP contribution is 2.44.